The van der Waals surface area contributed by atoms with E-state index >= 15 is 0 Å². The zero-order valence-electron chi connectivity index (χ0n) is 16.8. The minimum absolute atomic E-state index is 0.189. The van der Waals surface area contributed by atoms with Gasteiger partial charge in [-0.3, -0.25) is 4.79 Å². The standard InChI is InChI=1S/C22H29N5O/c1-16-9-13-26(14-10-16)19-7-5-18(6-8-19)24-21(28)20-15-17(2)23-22(25-20)27-11-3-4-12-27/h5-8,15-16H,3-4,9-14H2,1-2H3,(H,24,28). The smallest absolute Gasteiger partial charge is 0.274 e. The Balaban J connectivity index is 1.43. The molecule has 0 atom stereocenters. The Hall–Kier alpha value is -2.63. The molecule has 1 amide bonds. The van der Waals surface area contributed by atoms with Crippen molar-refractivity contribution >= 4 is 23.2 Å². The van der Waals surface area contributed by atoms with Gasteiger partial charge in [0.2, 0.25) is 5.95 Å². The number of hydrogen-bond acceptors (Lipinski definition) is 5. The SMILES string of the molecule is Cc1cc(C(=O)Nc2ccc(N3CCC(C)CC3)cc2)nc(N2CCCC2)n1. The van der Waals surface area contributed by atoms with E-state index in [9.17, 15) is 4.79 Å². The third-order valence-corrected chi connectivity index (χ3v) is 5.74. The van der Waals surface area contributed by atoms with Gasteiger partial charge in [0.05, 0.1) is 0 Å². The maximum Gasteiger partial charge on any atom is 0.274 e. The molecule has 28 heavy (non-hydrogen) atoms. The summed E-state index contributed by atoms with van der Waals surface area (Å²) >= 11 is 0. The second kappa shape index (κ2) is 8.17. The van der Waals surface area contributed by atoms with Crippen molar-refractivity contribution in [2.45, 2.75) is 39.5 Å². The van der Waals surface area contributed by atoms with Crippen LogP contribution in [0.4, 0.5) is 17.3 Å². The summed E-state index contributed by atoms with van der Waals surface area (Å²) in [5.41, 5.74) is 3.25. The van der Waals surface area contributed by atoms with Crippen LogP contribution in [0.5, 0.6) is 0 Å². The van der Waals surface area contributed by atoms with Crippen molar-refractivity contribution in [3.63, 3.8) is 0 Å². The number of aromatic nitrogens is 2. The molecule has 6 nitrogen and oxygen atoms in total. The molecular weight excluding hydrogens is 350 g/mol. The van der Waals surface area contributed by atoms with E-state index in [4.69, 9.17) is 0 Å². The summed E-state index contributed by atoms with van der Waals surface area (Å²) in [6.45, 7) is 8.35. The van der Waals surface area contributed by atoms with E-state index in [1.54, 1.807) is 6.07 Å². The summed E-state index contributed by atoms with van der Waals surface area (Å²) in [6, 6.07) is 9.87. The molecule has 148 valence electrons. The first-order valence-electron chi connectivity index (χ1n) is 10.4. The molecule has 2 aromatic rings. The minimum Gasteiger partial charge on any atom is -0.372 e. The molecule has 4 rings (SSSR count). The van der Waals surface area contributed by atoms with Gasteiger partial charge in [-0.25, -0.2) is 9.97 Å². The summed E-state index contributed by atoms with van der Waals surface area (Å²) in [7, 11) is 0. The van der Waals surface area contributed by atoms with Crippen LogP contribution in [0, 0.1) is 12.8 Å². The molecule has 0 unspecified atom stereocenters. The van der Waals surface area contributed by atoms with Gasteiger partial charge in [-0.05, 0) is 68.9 Å². The average molecular weight is 380 g/mol. The number of aryl methyl sites for hydroxylation is 1. The molecular formula is C22H29N5O. The zero-order chi connectivity index (χ0) is 19.5. The monoisotopic (exact) mass is 379 g/mol. The van der Waals surface area contributed by atoms with Gasteiger partial charge in [-0.2, -0.15) is 0 Å². The Labute approximate surface area is 167 Å². The highest BCUT2D eigenvalue weighted by Crippen LogP contribution is 2.24. The Morgan fingerprint density at radius 2 is 1.68 bits per heavy atom. The molecule has 0 aliphatic carbocycles. The summed E-state index contributed by atoms with van der Waals surface area (Å²) in [4.78, 5) is 26.3. The molecule has 6 heteroatoms. The number of benzene rings is 1. The van der Waals surface area contributed by atoms with E-state index in [0.717, 1.165) is 56.3 Å². The van der Waals surface area contributed by atoms with E-state index in [0.29, 0.717) is 11.6 Å². The van der Waals surface area contributed by atoms with Crippen molar-refractivity contribution < 1.29 is 4.79 Å². The van der Waals surface area contributed by atoms with Crippen LogP contribution in [-0.4, -0.2) is 42.1 Å². The number of carbonyl (C=O) groups is 1. The fraction of sp³-hybridized carbons (Fsp3) is 0.500. The van der Waals surface area contributed by atoms with Gasteiger partial charge in [-0.15, -0.1) is 0 Å². The first kappa shape index (κ1) is 18.7. The number of rotatable bonds is 4. The molecule has 1 aromatic heterocycles. The molecule has 0 radical (unpaired) electrons. The lowest BCUT2D eigenvalue weighted by Gasteiger charge is -2.32. The number of nitrogens with zero attached hydrogens (tertiary/aromatic N) is 4. The fourth-order valence-electron chi connectivity index (χ4n) is 3.95. The second-order valence-corrected chi connectivity index (χ2v) is 8.06. The third kappa shape index (κ3) is 4.26. The van der Waals surface area contributed by atoms with Crippen LogP contribution in [0.2, 0.25) is 0 Å². The molecule has 0 bridgehead atoms. The molecule has 0 saturated carbocycles. The van der Waals surface area contributed by atoms with E-state index in [1.807, 2.05) is 19.1 Å². The quantitative estimate of drug-likeness (QED) is 0.874. The first-order valence-corrected chi connectivity index (χ1v) is 10.4. The number of hydrogen-bond donors (Lipinski definition) is 1. The molecule has 3 heterocycles. The Morgan fingerprint density at radius 3 is 2.36 bits per heavy atom. The van der Waals surface area contributed by atoms with Crippen LogP contribution in [-0.2, 0) is 0 Å². The zero-order valence-corrected chi connectivity index (χ0v) is 16.8. The van der Waals surface area contributed by atoms with Crippen molar-refractivity contribution in [3.05, 3.63) is 41.7 Å². The molecule has 0 spiro atoms. The molecule has 1 N–H and O–H groups in total. The van der Waals surface area contributed by atoms with Crippen molar-refractivity contribution in [1.29, 1.82) is 0 Å². The minimum atomic E-state index is -0.189. The summed E-state index contributed by atoms with van der Waals surface area (Å²) < 4.78 is 0. The van der Waals surface area contributed by atoms with Gasteiger partial charge in [0, 0.05) is 43.2 Å². The molecule has 2 fully saturated rings. The summed E-state index contributed by atoms with van der Waals surface area (Å²) in [6.07, 6.45) is 4.79. The van der Waals surface area contributed by atoms with Crippen molar-refractivity contribution in [1.82, 2.24) is 9.97 Å². The number of amides is 1. The van der Waals surface area contributed by atoms with Crippen LogP contribution >= 0.6 is 0 Å². The highest BCUT2D eigenvalue weighted by molar-refractivity contribution is 6.03. The van der Waals surface area contributed by atoms with Crippen LogP contribution in [0.3, 0.4) is 0 Å². The van der Waals surface area contributed by atoms with Crippen molar-refractivity contribution in [2.75, 3.05) is 41.3 Å². The average Bonchev–Trinajstić information content (AvgIpc) is 3.24. The van der Waals surface area contributed by atoms with Gasteiger partial charge in [0.25, 0.3) is 5.91 Å². The Morgan fingerprint density at radius 1 is 1.00 bits per heavy atom. The van der Waals surface area contributed by atoms with Crippen LogP contribution < -0.4 is 15.1 Å². The maximum absolute atomic E-state index is 12.7. The number of piperidine rings is 1. The third-order valence-electron chi connectivity index (χ3n) is 5.74. The van der Waals surface area contributed by atoms with Gasteiger partial charge >= 0.3 is 0 Å². The maximum atomic E-state index is 12.7. The summed E-state index contributed by atoms with van der Waals surface area (Å²) in [5, 5.41) is 2.97. The van der Waals surface area contributed by atoms with Gasteiger partial charge < -0.3 is 15.1 Å². The van der Waals surface area contributed by atoms with Gasteiger partial charge in [-0.1, -0.05) is 6.92 Å². The molecule has 1 aromatic carbocycles. The Kier molecular flexibility index (Phi) is 5.46. The molecule has 2 aliphatic heterocycles. The summed E-state index contributed by atoms with van der Waals surface area (Å²) in [5.74, 6) is 1.29. The molecule has 2 saturated heterocycles. The lowest BCUT2D eigenvalue weighted by Crippen LogP contribution is -2.32. The predicted molar refractivity (Wildman–Crippen MR) is 113 cm³/mol. The normalized spacial score (nSPS) is 17.8. The van der Waals surface area contributed by atoms with Gasteiger partial charge in [0.15, 0.2) is 0 Å². The predicted octanol–water partition coefficient (Wildman–Crippen LogP) is 3.87. The number of carbonyl (C=O) groups excluding carboxylic acids is 1. The fourth-order valence-corrected chi connectivity index (χ4v) is 3.95. The highest BCUT2D eigenvalue weighted by atomic mass is 16.1. The lowest BCUT2D eigenvalue weighted by atomic mass is 9.99. The number of anilines is 3. The molecule has 2 aliphatic rings. The Bertz CT molecular complexity index is 821. The van der Waals surface area contributed by atoms with E-state index in [1.165, 1.54) is 18.5 Å². The largest absolute Gasteiger partial charge is 0.372 e. The number of nitrogens with one attached hydrogen (secondary N) is 1. The highest BCUT2D eigenvalue weighted by Gasteiger charge is 2.19. The van der Waals surface area contributed by atoms with Crippen molar-refractivity contribution in [3.8, 4) is 0 Å². The first-order chi connectivity index (χ1) is 13.6. The van der Waals surface area contributed by atoms with E-state index in [2.05, 4.69) is 44.1 Å². The van der Waals surface area contributed by atoms with Crippen molar-refractivity contribution in [2.24, 2.45) is 5.92 Å². The van der Waals surface area contributed by atoms with Crippen LogP contribution in [0.1, 0.15) is 48.8 Å². The van der Waals surface area contributed by atoms with Crippen LogP contribution in [0.15, 0.2) is 30.3 Å². The van der Waals surface area contributed by atoms with Gasteiger partial charge in [0.1, 0.15) is 5.69 Å². The topological polar surface area (TPSA) is 61.4 Å². The van der Waals surface area contributed by atoms with E-state index < -0.39 is 0 Å². The second-order valence-electron chi connectivity index (χ2n) is 8.06. The lowest BCUT2D eigenvalue weighted by molar-refractivity contribution is 0.102. The van der Waals surface area contributed by atoms with Crippen LogP contribution in [0.25, 0.3) is 0 Å². The van der Waals surface area contributed by atoms with E-state index in [-0.39, 0.29) is 5.91 Å².